The number of benzene rings is 1. The average Bonchev–Trinajstić information content (AvgIpc) is 2.72. The number of rotatable bonds is 13. The minimum absolute atomic E-state index is 0.0631. The standard InChI is InChI=1S/C29H51NO2/c1-20(2)12-9-13-21(3)14-10-15-22(4)16-11-18-29(8)19-17-26-25(7)27(32-30)23(5)24(6)28(26)31-29/h20-22H,9-19,30H2,1-8H3/t21-,22-,29-/m1/s1. The van der Waals surface area contributed by atoms with Crippen LogP contribution in [0.4, 0.5) is 0 Å². The Morgan fingerprint density at radius 1 is 0.844 bits per heavy atom. The Hall–Kier alpha value is -1.22. The maximum Gasteiger partial charge on any atom is 0.153 e. The molecule has 0 saturated carbocycles. The van der Waals surface area contributed by atoms with E-state index in [1.807, 2.05) is 0 Å². The molecule has 0 unspecified atom stereocenters. The Morgan fingerprint density at radius 2 is 1.41 bits per heavy atom. The van der Waals surface area contributed by atoms with Gasteiger partial charge in [-0.3, -0.25) is 0 Å². The van der Waals surface area contributed by atoms with Crippen LogP contribution in [0, 0.1) is 38.5 Å². The lowest BCUT2D eigenvalue weighted by Gasteiger charge is -2.38. The topological polar surface area (TPSA) is 44.5 Å². The smallest absolute Gasteiger partial charge is 0.153 e. The van der Waals surface area contributed by atoms with Crippen LogP contribution in [0.15, 0.2) is 0 Å². The molecule has 1 heterocycles. The van der Waals surface area contributed by atoms with E-state index in [-0.39, 0.29) is 5.60 Å². The monoisotopic (exact) mass is 445 g/mol. The zero-order chi connectivity index (χ0) is 23.9. The first-order valence-electron chi connectivity index (χ1n) is 13.3. The van der Waals surface area contributed by atoms with E-state index in [1.165, 1.54) is 62.5 Å². The molecule has 0 saturated heterocycles. The summed E-state index contributed by atoms with van der Waals surface area (Å²) < 4.78 is 6.66. The number of hydrogen-bond donors (Lipinski definition) is 1. The van der Waals surface area contributed by atoms with Gasteiger partial charge in [0.25, 0.3) is 0 Å². The van der Waals surface area contributed by atoms with Crippen LogP contribution in [-0.4, -0.2) is 5.60 Å². The highest BCUT2D eigenvalue weighted by atomic mass is 16.6. The van der Waals surface area contributed by atoms with Gasteiger partial charge in [-0.05, 0) is 76.7 Å². The van der Waals surface area contributed by atoms with Crippen LogP contribution >= 0.6 is 0 Å². The first-order chi connectivity index (χ1) is 15.1. The molecular weight excluding hydrogens is 394 g/mol. The molecule has 0 bridgehead atoms. The van der Waals surface area contributed by atoms with Crippen LogP contribution < -0.4 is 15.5 Å². The summed E-state index contributed by atoms with van der Waals surface area (Å²) in [6.45, 7) is 18.2. The molecule has 3 heteroatoms. The van der Waals surface area contributed by atoms with E-state index in [0.29, 0.717) is 0 Å². The lowest BCUT2D eigenvalue weighted by Crippen LogP contribution is -2.37. The van der Waals surface area contributed by atoms with Crippen molar-refractivity contribution in [3.63, 3.8) is 0 Å². The highest BCUT2D eigenvalue weighted by Gasteiger charge is 2.34. The largest absolute Gasteiger partial charge is 0.487 e. The van der Waals surface area contributed by atoms with Crippen molar-refractivity contribution in [1.29, 1.82) is 0 Å². The van der Waals surface area contributed by atoms with Gasteiger partial charge >= 0.3 is 0 Å². The summed E-state index contributed by atoms with van der Waals surface area (Å²) in [6, 6.07) is 0. The van der Waals surface area contributed by atoms with E-state index >= 15 is 0 Å². The molecule has 0 aromatic heterocycles. The van der Waals surface area contributed by atoms with E-state index in [2.05, 4.69) is 55.4 Å². The summed E-state index contributed by atoms with van der Waals surface area (Å²) >= 11 is 0. The summed E-state index contributed by atoms with van der Waals surface area (Å²) in [6.07, 6.45) is 14.1. The second-order valence-electron chi connectivity index (χ2n) is 11.5. The Bertz CT molecular complexity index is 727. The maximum atomic E-state index is 6.66. The lowest BCUT2D eigenvalue weighted by molar-refractivity contribution is 0.0511. The second kappa shape index (κ2) is 12.3. The van der Waals surface area contributed by atoms with Gasteiger partial charge in [0.2, 0.25) is 0 Å². The predicted octanol–water partition coefficient (Wildman–Crippen LogP) is 8.39. The van der Waals surface area contributed by atoms with Crippen molar-refractivity contribution in [2.24, 2.45) is 23.7 Å². The van der Waals surface area contributed by atoms with Gasteiger partial charge in [-0.15, -0.1) is 0 Å². The number of fused-ring (bicyclic) bond motifs is 1. The average molecular weight is 446 g/mol. The molecule has 184 valence electrons. The first kappa shape index (κ1) is 27.0. The van der Waals surface area contributed by atoms with Crippen LogP contribution in [-0.2, 0) is 6.42 Å². The van der Waals surface area contributed by atoms with Crippen molar-refractivity contribution >= 4 is 0 Å². The van der Waals surface area contributed by atoms with E-state index in [1.54, 1.807) is 0 Å². The van der Waals surface area contributed by atoms with Gasteiger partial charge in [-0.1, -0.05) is 72.6 Å². The van der Waals surface area contributed by atoms with E-state index < -0.39 is 0 Å². The van der Waals surface area contributed by atoms with Gasteiger partial charge in [-0.2, -0.15) is 5.90 Å². The normalized spacial score (nSPS) is 20.1. The lowest BCUT2D eigenvalue weighted by atomic mass is 9.83. The summed E-state index contributed by atoms with van der Waals surface area (Å²) in [5.74, 6) is 9.98. The second-order valence-corrected chi connectivity index (χ2v) is 11.5. The van der Waals surface area contributed by atoms with Crippen LogP contribution in [0.2, 0.25) is 0 Å². The fraction of sp³-hybridized carbons (Fsp3) is 0.793. The molecule has 0 fully saturated rings. The third-order valence-electron chi connectivity index (χ3n) is 7.96. The van der Waals surface area contributed by atoms with Gasteiger partial charge in [0, 0.05) is 16.7 Å². The van der Waals surface area contributed by atoms with E-state index in [0.717, 1.165) is 59.6 Å². The fourth-order valence-electron chi connectivity index (χ4n) is 5.44. The third-order valence-corrected chi connectivity index (χ3v) is 7.96. The Kier molecular flexibility index (Phi) is 10.4. The molecule has 1 aliphatic rings. The van der Waals surface area contributed by atoms with Gasteiger partial charge in [0.1, 0.15) is 11.4 Å². The third kappa shape index (κ3) is 7.40. The zero-order valence-electron chi connectivity index (χ0n) is 22.4. The Balaban J connectivity index is 1.77. The quantitative estimate of drug-likeness (QED) is 0.310. The van der Waals surface area contributed by atoms with Crippen molar-refractivity contribution < 1.29 is 9.57 Å². The van der Waals surface area contributed by atoms with Crippen molar-refractivity contribution in [1.82, 2.24) is 0 Å². The molecule has 32 heavy (non-hydrogen) atoms. The van der Waals surface area contributed by atoms with E-state index in [9.17, 15) is 0 Å². The molecule has 0 aliphatic carbocycles. The SMILES string of the molecule is Cc1c(C)c2c(c(C)c1ON)CC[C@@](C)(CCC[C@H](C)CCC[C@H](C)CCCC(C)C)O2. The number of hydrogen-bond acceptors (Lipinski definition) is 3. The van der Waals surface area contributed by atoms with Gasteiger partial charge in [-0.25, -0.2) is 0 Å². The molecular formula is C29H51NO2. The molecule has 2 rings (SSSR count). The number of nitrogens with two attached hydrogens (primary N) is 1. The van der Waals surface area contributed by atoms with Crippen molar-refractivity contribution in [3.05, 3.63) is 22.3 Å². The van der Waals surface area contributed by atoms with Crippen LogP contribution in [0.3, 0.4) is 0 Å². The molecule has 2 N–H and O–H groups in total. The molecule has 1 aromatic carbocycles. The van der Waals surface area contributed by atoms with Crippen LogP contribution in [0.25, 0.3) is 0 Å². The van der Waals surface area contributed by atoms with Crippen LogP contribution in [0.1, 0.15) is 121 Å². The molecule has 1 aliphatic heterocycles. The summed E-state index contributed by atoms with van der Waals surface area (Å²) in [4.78, 5) is 5.19. The van der Waals surface area contributed by atoms with Crippen molar-refractivity contribution in [2.75, 3.05) is 0 Å². The minimum atomic E-state index is -0.0631. The molecule has 0 amide bonds. The van der Waals surface area contributed by atoms with E-state index in [4.69, 9.17) is 15.5 Å². The molecule has 3 atom stereocenters. The fourth-order valence-corrected chi connectivity index (χ4v) is 5.44. The Labute approximate surface area is 198 Å². The highest BCUT2D eigenvalue weighted by Crippen LogP contribution is 2.44. The molecule has 0 radical (unpaired) electrons. The first-order valence-corrected chi connectivity index (χ1v) is 13.3. The summed E-state index contributed by atoms with van der Waals surface area (Å²) in [5, 5.41) is 0. The van der Waals surface area contributed by atoms with Crippen molar-refractivity contribution in [2.45, 2.75) is 132 Å². The van der Waals surface area contributed by atoms with Gasteiger partial charge in [0.05, 0.1) is 0 Å². The summed E-state index contributed by atoms with van der Waals surface area (Å²) in [5.41, 5.74) is 4.63. The Morgan fingerprint density at radius 3 is 1.97 bits per heavy atom. The van der Waals surface area contributed by atoms with Gasteiger partial charge < -0.3 is 9.57 Å². The summed E-state index contributed by atoms with van der Waals surface area (Å²) in [7, 11) is 0. The van der Waals surface area contributed by atoms with Gasteiger partial charge in [0.15, 0.2) is 5.75 Å². The van der Waals surface area contributed by atoms with Crippen molar-refractivity contribution in [3.8, 4) is 11.5 Å². The molecule has 0 spiro atoms. The van der Waals surface area contributed by atoms with Crippen LogP contribution in [0.5, 0.6) is 11.5 Å². The minimum Gasteiger partial charge on any atom is -0.487 e. The number of ether oxygens (including phenoxy) is 1. The maximum absolute atomic E-state index is 6.66. The molecule has 1 aromatic rings. The zero-order valence-corrected chi connectivity index (χ0v) is 22.4. The molecule has 3 nitrogen and oxygen atoms in total. The predicted molar refractivity (Wildman–Crippen MR) is 138 cm³/mol. The highest BCUT2D eigenvalue weighted by molar-refractivity contribution is 5.58.